The van der Waals surface area contributed by atoms with Crippen molar-refractivity contribution < 1.29 is 23.4 Å². The Kier molecular flexibility index (Phi) is 6.91. The number of imidazole rings is 1. The number of nitrogens with one attached hydrogen (secondary N) is 1. The summed E-state index contributed by atoms with van der Waals surface area (Å²) < 4.78 is 36.1. The molecule has 7 heteroatoms. The third-order valence-corrected chi connectivity index (χ3v) is 6.12. The highest BCUT2D eigenvalue weighted by Gasteiger charge is 2.29. The number of hydrogen-bond donors (Lipinski definition) is 2. The molecule has 1 heterocycles. The Labute approximate surface area is 196 Å². The Morgan fingerprint density at radius 1 is 1.24 bits per heavy atom. The second-order valence-corrected chi connectivity index (χ2v) is 8.47. The van der Waals surface area contributed by atoms with E-state index in [0.29, 0.717) is 24.8 Å². The van der Waals surface area contributed by atoms with Gasteiger partial charge in [0.2, 0.25) is 0 Å². The van der Waals surface area contributed by atoms with Crippen molar-refractivity contribution in [3.05, 3.63) is 78.4 Å². The molecule has 2 atom stereocenters. The summed E-state index contributed by atoms with van der Waals surface area (Å²) in [6.45, 7) is 5.58. The van der Waals surface area contributed by atoms with Crippen molar-refractivity contribution in [3.8, 4) is 17.1 Å². The highest BCUT2D eigenvalue weighted by molar-refractivity contribution is 5.84. The number of halogens is 2. The van der Waals surface area contributed by atoms with Gasteiger partial charge in [-0.05, 0) is 49.3 Å². The highest BCUT2D eigenvalue weighted by atomic mass is 19.1. The van der Waals surface area contributed by atoms with Crippen LogP contribution in [-0.4, -0.2) is 27.1 Å². The Hall–Kier alpha value is -3.74. The van der Waals surface area contributed by atoms with Crippen LogP contribution in [0, 0.1) is 17.6 Å². The van der Waals surface area contributed by atoms with Gasteiger partial charge >= 0.3 is 5.97 Å². The zero-order valence-electron chi connectivity index (χ0n) is 18.9. The van der Waals surface area contributed by atoms with Crippen LogP contribution in [0.3, 0.4) is 0 Å². The maximum absolute atomic E-state index is 15.4. The fourth-order valence-corrected chi connectivity index (χ4v) is 4.29. The van der Waals surface area contributed by atoms with Crippen molar-refractivity contribution in [2.24, 2.45) is 5.92 Å². The van der Waals surface area contributed by atoms with Gasteiger partial charge in [-0.2, -0.15) is 4.98 Å². The van der Waals surface area contributed by atoms with Crippen LogP contribution in [0.2, 0.25) is 0 Å². The summed E-state index contributed by atoms with van der Waals surface area (Å²) in [4.78, 5) is 18.3. The molecule has 2 unspecified atom stereocenters. The topological polar surface area (TPSA) is 75.2 Å². The zero-order valence-corrected chi connectivity index (χ0v) is 18.9. The molecular formula is C27H26F2N2O3. The van der Waals surface area contributed by atoms with Crippen molar-refractivity contribution in [2.75, 3.05) is 0 Å². The first kappa shape index (κ1) is 23.4. The number of H-pyrrole nitrogens is 1. The summed E-state index contributed by atoms with van der Waals surface area (Å²) in [6, 6.07) is 8.24. The lowest BCUT2D eigenvalue weighted by Gasteiger charge is -2.26. The summed E-state index contributed by atoms with van der Waals surface area (Å²) in [7, 11) is 0. The average molecular weight is 465 g/mol. The van der Waals surface area contributed by atoms with Gasteiger partial charge in [0.05, 0.1) is 17.0 Å². The number of allylic oxidation sites excluding steroid dienone is 5. The zero-order chi connectivity index (χ0) is 24.2. The fraction of sp³-hybridized carbons (Fsp3) is 0.259. The van der Waals surface area contributed by atoms with Crippen LogP contribution in [0.15, 0.2) is 61.2 Å². The number of carboxylic acids is 1. The molecule has 0 spiro atoms. The Morgan fingerprint density at radius 2 is 2.00 bits per heavy atom. The van der Waals surface area contributed by atoms with Crippen LogP contribution >= 0.6 is 0 Å². The van der Waals surface area contributed by atoms with E-state index in [1.807, 2.05) is 37.3 Å². The number of aliphatic carboxylic acids is 1. The largest absolute Gasteiger partial charge is 0.481 e. The maximum Gasteiger partial charge on any atom is 0.306 e. The van der Waals surface area contributed by atoms with Crippen molar-refractivity contribution in [2.45, 2.75) is 38.7 Å². The molecule has 1 fully saturated rings. The molecule has 0 radical (unpaired) electrons. The molecule has 1 aromatic heterocycles. The first-order valence-electron chi connectivity index (χ1n) is 11.2. The number of carbonyl (C=O) groups is 1. The molecular weight excluding hydrogens is 438 g/mol. The molecule has 0 aliphatic heterocycles. The van der Waals surface area contributed by atoms with E-state index in [4.69, 9.17) is 4.74 Å². The van der Waals surface area contributed by atoms with Crippen molar-refractivity contribution in [1.82, 2.24) is 9.97 Å². The third-order valence-electron chi connectivity index (χ3n) is 6.12. The van der Waals surface area contributed by atoms with Gasteiger partial charge in [0, 0.05) is 6.07 Å². The van der Waals surface area contributed by atoms with Crippen LogP contribution < -0.4 is 4.74 Å². The molecule has 2 aromatic carbocycles. The molecule has 1 saturated carbocycles. The number of ether oxygens (including phenoxy) is 1. The molecule has 34 heavy (non-hydrogen) atoms. The summed E-state index contributed by atoms with van der Waals surface area (Å²) in [6.07, 6.45) is 9.34. The molecule has 4 rings (SSSR count). The van der Waals surface area contributed by atoms with Gasteiger partial charge < -0.3 is 14.8 Å². The molecule has 3 aromatic rings. The van der Waals surface area contributed by atoms with Crippen molar-refractivity contribution in [1.29, 1.82) is 0 Å². The Balaban J connectivity index is 1.60. The lowest BCUT2D eigenvalue weighted by atomic mass is 9.87. The van der Waals surface area contributed by atoms with Gasteiger partial charge in [-0.25, -0.2) is 8.78 Å². The molecule has 0 saturated heterocycles. The van der Waals surface area contributed by atoms with Crippen LogP contribution in [0.4, 0.5) is 8.78 Å². The summed E-state index contributed by atoms with van der Waals surface area (Å²) in [5.74, 6) is -2.80. The van der Waals surface area contributed by atoms with E-state index < -0.39 is 23.5 Å². The minimum atomic E-state index is -0.847. The first-order valence-corrected chi connectivity index (χ1v) is 11.2. The van der Waals surface area contributed by atoms with Gasteiger partial charge in [-0.3, -0.25) is 4.79 Å². The minimum Gasteiger partial charge on any atom is -0.481 e. The predicted octanol–water partition coefficient (Wildman–Crippen LogP) is 6.68. The number of hydrogen-bond acceptors (Lipinski definition) is 3. The molecule has 5 nitrogen and oxygen atoms in total. The number of aromatic amines is 1. The van der Waals surface area contributed by atoms with E-state index in [-0.39, 0.29) is 28.7 Å². The predicted molar refractivity (Wildman–Crippen MR) is 128 cm³/mol. The van der Waals surface area contributed by atoms with E-state index in [2.05, 4.69) is 16.5 Å². The SMILES string of the molecule is C=C/C=C\C=C(/C)c1ccc(-c2c(F)cc3[nH]c(OC4CCCC(C(=O)O)C4)nc3c2F)cc1. The van der Waals surface area contributed by atoms with Gasteiger partial charge in [0.25, 0.3) is 6.01 Å². The maximum atomic E-state index is 15.4. The molecule has 0 bridgehead atoms. The highest BCUT2D eigenvalue weighted by Crippen LogP contribution is 2.34. The summed E-state index contributed by atoms with van der Waals surface area (Å²) in [5, 5.41) is 9.26. The standard InChI is InChI=1S/C27H26F2N2O3/c1-3-4-5-7-16(2)17-10-12-18(13-11-17)23-21(28)15-22-25(24(23)29)31-27(30-22)34-20-9-6-8-19(14-20)26(32)33/h3-5,7,10-13,15,19-20H,1,6,8-9,14H2,2H3,(H,30,31)(H,32,33)/b5-4-,16-7+. The number of benzene rings is 2. The number of nitrogens with zero attached hydrogens (tertiary/aromatic N) is 1. The number of fused-ring (bicyclic) bond motifs is 1. The molecule has 2 N–H and O–H groups in total. The summed E-state index contributed by atoms with van der Waals surface area (Å²) >= 11 is 0. The second kappa shape index (κ2) is 10.0. The minimum absolute atomic E-state index is 0.0216. The van der Waals surface area contributed by atoms with Crippen LogP contribution in [0.5, 0.6) is 6.01 Å². The Morgan fingerprint density at radius 3 is 2.71 bits per heavy atom. The van der Waals surface area contributed by atoms with Gasteiger partial charge in [0.1, 0.15) is 17.4 Å². The lowest BCUT2D eigenvalue weighted by Crippen LogP contribution is -2.29. The number of rotatable bonds is 7. The van der Waals surface area contributed by atoms with E-state index in [0.717, 1.165) is 17.6 Å². The number of aromatic nitrogens is 2. The normalized spacial score (nSPS) is 19.0. The first-order chi connectivity index (χ1) is 16.4. The average Bonchev–Trinajstić information content (AvgIpc) is 3.22. The quantitative estimate of drug-likeness (QED) is 0.383. The van der Waals surface area contributed by atoms with Gasteiger partial charge in [-0.15, -0.1) is 0 Å². The van der Waals surface area contributed by atoms with E-state index in [1.165, 1.54) is 6.07 Å². The molecule has 0 amide bonds. The monoisotopic (exact) mass is 464 g/mol. The van der Waals surface area contributed by atoms with Crippen LogP contribution in [0.1, 0.15) is 38.2 Å². The molecule has 1 aliphatic carbocycles. The molecule has 176 valence electrons. The summed E-state index contributed by atoms with van der Waals surface area (Å²) in [5.41, 5.74) is 2.34. The smallest absolute Gasteiger partial charge is 0.306 e. The second-order valence-electron chi connectivity index (χ2n) is 8.47. The van der Waals surface area contributed by atoms with Crippen LogP contribution in [-0.2, 0) is 4.79 Å². The lowest BCUT2D eigenvalue weighted by molar-refractivity contribution is -0.143. The van der Waals surface area contributed by atoms with E-state index >= 15 is 4.39 Å². The van der Waals surface area contributed by atoms with E-state index in [1.54, 1.807) is 18.2 Å². The van der Waals surface area contributed by atoms with Crippen LogP contribution in [0.25, 0.3) is 27.7 Å². The third kappa shape index (κ3) is 4.93. The van der Waals surface area contributed by atoms with Crippen molar-refractivity contribution >= 4 is 22.6 Å². The number of carboxylic acid groups (broad SMARTS) is 1. The Bertz CT molecular complexity index is 1280. The van der Waals surface area contributed by atoms with E-state index in [9.17, 15) is 14.3 Å². The van der Waals surface area contributed by atoms with Gasteiger partial charge in [-0.1, -0.05) is 55.1 Å². The molecule has 1 aliphatic rings. The van der Waals surface area contributed by atoms with Crippen molar-refractivity contribution in [3.63, 3.8) is 0 Å². The fourth-order valence-electron chi connectivity index (χ4n) is 4.29. The van der Waals surface area contributed by atoms with Gasteiger partial charge in [0.15, 0.2) is 5.82 Å².